The number of rotatable bonds is 12. The fourth-order valence-electron chi connectivity index (χ4n) is 4.40. The predicted molar refractivity (Wildman–Crippen MR) is 132 cm³/mol. The highest BCUT2D eigenvalue weighted by molar-refractivity contribution is 5.70. The quantitative estimate of drug-likeness (QED) is 0.312. The van der Waals surface area contributed by atoms with Crippen molar-refractivity contribution < 1.29 is 28.5 Å². The maximum atomic E-state index is 12.6. The molecule has 0 aliphatic carbocycles. The van der Waals surface area contributed by atoms with Crippen LogP contribution in [0.1, 0.15) is 53.0 Å². The number of carbonyl (C=O) groups is 2. The highest BCUT2D eigenvalue weighted by atomic mass is 16.6. The monoisotopic (exact) mass is 477 g/mol. The summed E-state index contributed by atoms with van der Waals surface area (Å²) in [5.74, 6) is 2.20. The Bertz CT molecular complexity index is 788. The van der Waals surface area contributed by atoms with Crippen LogP contribution in [0.2, 0.25) is 0 Å². The van der Waals surface area contributed by atoms with E-state index in [-0.39, 0.29) is 17.9 Å². The van der Waals surface area contributed by atoms with Gasteiger partial charge in [-0.2, -0.15) is 0 Å². The highest BCUT2D eigenvalue weighted by Gasteiger charge is 2.38. The van der Waals surface area contributed by atoms with Gasteiger partial charge in [0.15, 0.2) is 11.5 Å². The molecule has 7 heteroatoms. The van der Waals surface area contributed by atoms with E-state index >= 15 is 0 Å². The fourth-order valence-corrected chi connectivity index (χ4v) is 4.40. The zero-order chi connectivity index (χ0) is 25.3. The molecule has 0 bridgehead atoms. The maximum Gasteiger partial charge on any atom is 0.410 e. The molecule has 1 saturated heterocycles. The Balaban J connectivity index is 2.08. The number of carbonyl (C=O) groups excluding carboxylic acids is 2. The molecule has 192 valence electrons. The van der Waals surface area contributed by atoms with Crippen molar-refractivity contribution in [1.29, 1.82) is 0 Å². The van der Waals surface area contributed by atoms with Crippen LogP contribution in [0.5, 0.6) is 11.5 Å². The second-order valence-electron chi connectivity index (χ2n) is 10.6. The molecule has 1 aromatic carbocycles. The molecule has 1 aliphatic heterocycles. The summed E-state index contributed by atoms with van der Waals surface area (Å²) in [5.41, 5.74) is 0.621. The zero-order valence-electron chi connectivity index (χ0n) is 22.0. The Hall–Kier alpha value is -2.28. The molecule has 2 rings (SSSR count). The third kappa shape index (κ3) is 8.49. The molecule has 1 aromatic rings. The molecule has 0 spiro atoms. The van der Waals surface area contributed by atoms with Gasteiger partial charge in [-0.05, 0) is 69.1 Å². The number of benzene rings is 1. The lowest BCUT2D eigenvalue weighted by atomic mass is 9.79. The van der Waals surface area contributed by atoms with Crippen molar-refractivity contribution in [1.82, 2.24) is 4.90 Å². The number of nitrogens with zero attached hydrogens (tertiary/aromatic N) is 1. The Morgan fingerprint density at radius 2 is 1.88 bits per heavy atom. The van der Waals surface area contributed by atoms with Gasteiger partial charge in [-0.15, -0.1) is 0 Å². The lowest BCUT2D eigenvalue weighted by Crippen LogP contribution is -2.35. The van der Waals surface area contributed by atoms with Gasteiger partial charge in [0.1, 0.15) is 11.9 Å². The molecular weight excluding hydrogens is 434 g/mol. The van der Waals surface area contributed by atoms with Crippen LogP contribution in [-0.2, 0) is 20.7 Å². The van der Waals surface area contributed by atoms with Gasteiger partial charge in [0.2, 0.25) is 0 Å². The second kappa shape index (κ2) is 13.0. The molecule has 3 atom stereocenters. The summed E-state index contributed by atoms with van der Waals surface area (Å²) in [6.45, 7) is 12.2. The van der Waals surface area contributed by atoms with Crippen molar-refractivity contribution in [2.75, 3.05) is 40.5 Å². The predicted octanol–water partition coefficient (Wildman–Crippen LogP) is 5.00. The van der Waals surface area contributed by atoms with E-state index in [1.165, 1.54) is 5.56 Å². The number of methoxy groups -OCH3 is 2. The summed E-state index contributed by atoms with van der Waals surface area (Å²) in [6, 6.07) is 6.08. The highest BCUT2D eigenvalue weighted by Crippen LogP contribution is 2.35. The van der Waals surface area contributed by atoms with Gasteiger partial charge >= 0.3 is 6.09 Å². The van der Waals surface area contributed by atoms with E-state index in [1.807, 2.05) is 26.8 Å². The van der Waals surface area contributed by atoms with E-state index in [1.54, 1.807) is 19.1 Å². The molecule has 1 fully saturated rings. The van der Waals surface area contributed by atoms with Crippen LogP contribution >= 0.6 is 0 Å². The van der Waals surface area contributed by atoms with Crippen LogP contribution in [-0.4, -0.2) is 63.4 Å². The lowest BCUT2D eigenvalue weighted by molar-refractivity contribution is -0.111. The normalized spacial score (nSPS) is 19.2. The first-order chi connectivity index (χ1) is 16.1. The van der Waals surface area contributed by atoms with Gasteiger partial charge in [0.25, 0.3) is 0 Å². The molecular formula is C27H43NO6. The molecule has 0 aromatic heterocycles. The smallest absolute Gasteiger partial charge is 0.410 e. The largest absolute Gasteiger partial charge is 0.493 e. The molecule has 0 radical (unpaired) electrons. The van der Waals surface area contributed by atoms with Crippen molar-refractivity contribution in [3.05, 3.63) is 23.8 Å². The first kappa shape index (κ1) is 28.0. The van der Waals surface area contributed by atoms with E-state index in [0.717, 1.165) is 31.3 Å². The van der Waals surface area contributed by atoms with Gasteiger partial charge in [-0.1, -0.05) is 19.9 Å². The molecule has 0 unspecified atom stereocenters. The summed E-state index contributed by atoms with van der Waals surface area (Å²) < 4.78 is 22.1. The SMILES string of the molecule is COCCCOc1cc(C[C@@H](C[C@H]2CN(C(=O)OC(C)(C)C)C[C@@H]2C=O)C(C)C)ccc1OC. The van der Waals surface area contributed by atoms with Crippen LogP contribution in [0.4, 0.5) is 4.79 Å². The minimum absolute atomic E-state index is 0.125. The lowest BCUT2D eigenvalue weighted by Gasteiger charge is -2.26. The van der Waals surface area contributed by atoms with Crippen LogP contribution in [0.25, 0.3) is 0 Å². The second-order valence-corrected chi connectivity index (χ2v) is 10.6. The van der Waals surface area contributed by atoms with E-state index in [9.17, 15) is 9.59 Å². The number of hydrogen-bond acceptors (Lipinski definition) is 6. The first-order valence-corrected chi connectivity index (χ1v) is 12.3. The molecule has 34 heavy (non-hydrogen) atoms. The van der Waals surface area contributed by atoms with Crippen LogP contribution < -0.4 is 9.47 Å². The van der Waals surface area contributed by atoms with Crippen LogP contribution in [0.15, 0.2) is 18.2 Å². The average Bonchev–Trinajstić information content (AvgIpc) is 3.18. The fraction of sp³-hybridized carbons (Fsp3) is 0.704. The molecule has 1 aliphatic rings. The molecule has 1 amide bonds. The van der Waals surface area contributed by atoms with Gasteiger partial charge in [0.05, 0.1) is 13.7 Å². The summed E-state index contributed by atoms with van der Waals surface area (Å²) in [4.78, 5) is 26.1. The third-order valence-corrected chi connectivity index (χ3v) is 6.34. The van der Waals surface area contributed by atoms with Crippen molar-refractivity contribution in [3.8, 4) is 11.5 Å². The first-order valence-electron chi connectivity index (χ1n) is 12.3. The minimum Gasteiger partial charge on any atom is -0.493 e. The number of hydrogen-bond donors (Lipinski definition) is 0. The Morgan fingerprint density at radius 3 is 2.47 bits per heavy atom. The summed E-state index contributed by atoms with van der Waals surface area (Å²) in [7, 11) is 3.32. The van der Waals surface area contributed by atoms with Gasteiger partial charge < -0.3 is 28.6 Å². The molecule has 0 saturated carbocycles. The Morgan fingerprint density at radius 1 is 1.15 bits per heavy atom. The van der Waals surface area contributed by atoms with E-state index < -0.39 is 5.60 Å². The maximum absolute atomic E-state index is 12.6. The molecule has 7 nitrogen and oxygen atoms in total. The van der Waals surface area contributed by atoms with Crippen LogP contribution in [0.3, 0.4) is 0 Å². The number of likely N-dealkylation sites (tertiary alicyclic amines) is 1. The number of ether oxygens (including phenoxy) is 4. The van der Waals surface area contributed by atoms with Crippen molar-refractivity contribution >= 4 is 12.4 Å². The molecule has 0 N–H and O–H groups in total. The van der Waals surface area contributed by atoms with Gasteiger partial charge in [-0.3, -0.25) is 0 Å². The standard InChI is InChI=1S/C27H43NO6/c1-19(2)21(13-20-9-10-24(32-7)25(14-20)33-12-8-11-31-6)15-22-16-28(17-23(22)18-29)26(30)34-27(3,4)5/h9-10,14,18-19,21-23H,8,11-13,15-17H2,1-7H3/t21-,22-,23+/m0/s1. The Labute approximate surface area is 205 Å². The van der Waals surface area contributed by atoms with Gasteiger partial charge in [0, 0.05) is 39.1 Å². The molecule has 1 heterocycles. The Kier molecular flexibility index (Phi) is 10.7. The van der Waals surface area contributed by atoms with E-state index in [4.69, 9.17) is 18.9 Å². The minimum atomic E-state index is -0.552. The van der Waals surface area contributed by atoms with Crippen LogP contribution in [0, 0.1) is 23.7 Å². The number of amides is 1. The summed E-state index contributed by atoms with van der Waals surface area (Å²) in [5, 5.41) is 0. The van der Waals surface area contributed by atoms with Gasteiger partial charge in [-0.25, -0.2) is 4.79 Å². The van der Waals surface area contributed by atoms with Crippen molar-refractivity contribution in [2.24, 2.45) is 23.7 Å². The van der Waals surface area contributed by atoms with Crippen molar-refractivity contribution in [3.63, 3.8) is 0 Å². The average molecular weight is 478 g/mol. The van der Waals surface area contributed by atoms with Crippen molar-refractivity contribution in [2.45, 2.75) is 59.5 Å². The topological polar surface area (TPSA) is 74.3 Å². The van der Waals surface area contributed by atoms with E-state index in [2.05, 4.69) is 26.0 Å². The number of aldehydes is 1. The summed E-state index contributed by atoms with van der Waals surface area (Å²) in [6.07, 6.45) is 3.21. The summed E-state index contributed by atoms with van der Waals surface area (Å²) >= 11 is 0. The van der Waals surface area contributed by atoms with E-state index in [0.29, 0.717) is 43.9 Å². The zero-order valence-corrected chi connectivity index (χ0v) is 22.0. The third-order valence-electron chi connectivity index (χ3n) is 6.34.